The molecule has 3 aromatic rings. The molecule has 2 bridgehead atoms. The lowest BCUT2D eigenvalue weighted by atomic mass is 9.43. The van der Waals surface area contributed by atoms with Gasteiger partial charge in [0.25, 0.3) is 0 Å². The summed E-state index contributed by atoms with van der Waals surface area (Å²) in [7, 11) is 1.92. The van der Waals surface area contributed by atoms with Crippen LogP contribution in [0.5, 0.6) is 11.5 Å². The van der Waals surface area contributed by atoms with Crippen LogP contribution < -0.4 is 4.74 Å². The van der Waals surface area contributed by atoms with Crippen molar-refractivity contribution < 1.29 is 14.6 Å². The number of likely N-dealkylation sites (N-methyl/N-ethyl adjacent to an activating group) is 1. The fraction of sp³-hybridized carbons (Fsp3) is 0.424. The highest BCUT2D eigenvalue weighted by molar-refractivity contribution is 9.10. The number of hydrogen-bond acceptors (Lipinski definition) is 5. The standard InChI is InChI=1S/C33H35BrN2O3S/c1-32-14-12-25(35(2)28(38)11-9-24-19-23(34)20-40-24)31-33(32)15-17-36(16-13-21-6-4-3-5-7-21)27(32)18-22-8-10-26(37)30(39-31)29(22)33/h3-11,19-20,25,27,31,37H,12-18H2,1-2H3/b11-9+/t25-,27-,31+,32+,33+/m1/s1. The van der Waals surface area contributed by atoms with E-state index in [-0.39, 0.29) is 34.6 Å². The lowest BCUT2D eigenvalue weighted by Gasteiger charge is -2.66. The van der Waals surface area contributed by atoms with E-state index in [1.807, 2.05) is 29.5 Å². The molecule has 1 saturated carbocycles. The molecule has 0 radical (unpaired) electrons. The van der Waals surface area contributed by atoms with Crippen LogP contribution in [-0.2, 0) is 23.1 Å². The van der Waals surface area contributed by atoms with Gasteiger partial charge in [0.2, 0.25) is 5.91 Å². The first kappa shape index (κ1) is 26.3. The summed E-state index contributed by atoms with van der Waals surface area (Å²) in [5.41, 5.74) is 3.69. The molecule has 2 aliphatic heterocycles. The van der Waals surface area contributed by atoms with E-state index in [9.17, 15) is 9.90 Å². The maximum atomic E-state index is 13.5. The molecule has 7 rings (SSSR count). The summed E-state index contributed by atoms with van der Waals surface area (Å²) in [5.74, 6) is 0.883. The van der Waals surface area contributed by atoms with Crippen LogP contribution in [0.3, 0.4) is 0 Å². The van der Waals surface area contributed by atoms with Gasteiger partial charge in [-0.15, -0.1) is 11.3 Å². The minimum absolute atomic E-state index is 0.00186. The summed E-state index contributed by atoms with van der Waals surface area (Å²) in [6.45, 7) is 4.51. The molecule has 3 heterocycles. The van der Waals surface area contributed by atoms with Crippen LogP contribution in [-0.4, -0.2) is 59.1 Å². The Bertz CT molecular complexity index is 1490. The van der Waals surface area contributed by atoms with Crippen LogP contribution in [0.1, 0.15) is 47.8 Å². The SMILES string of the molecule is CN(C(=O)/C=C/c1cc(Br)cs1)[C@@H]1CC[C@@]2(C)[C@H]3Cc4ccc(O)c5c4[C@@]2(CCN3CCc2ccccc2)[C@H]1O5. The Morgan fingerprint density at radius 2 is 2.08 bits per heavy atom. The highest BCUT2D eigenvalue weighted by atomic mass is 79.9. The van der Waals surface area contributed by atoms with Gasteiger partial charge in [0.05, 0.1) is 6.04 Å². The Morgan fingerprint density at radius 3 is 2.85 bits per heavy atom. The number of carbonyl (C=O) groups is 1. The van der Waals surface area contributed by atoms with E-state index >= 15 is 0 Å². The molecule has 1 aromatic heterocycles. The number of benzene rings is 2. The molecule has 1 amide bonds. The van der Waals surface area contributed by atoms with Crippen LogP contribution in [0.25, 0.3) is 6.08 Å². The average Bonchev–Trinajstić information content (AvgIpc) is 3.53. The Balaban J connectivity index is 1.22. The van der Waals surface area contributed by atoms with Gasteiger partial charge in [-0.1, -0.05) is 43.3 Å². The van der Waals surface area contributed by atoms with Crippen molar-refractivity contribution in [2.45, 2.75) is 62.6 Å². The van der Waals surface area contributed by atoms with Crippen molar-refractivity contribution in [3.63, 3.8) is 0 Å². The van der Waals surface area contributed by atoms with Crippen molar-refractivity contribution in [2.75, 3.05) is 20.1 Å². The van der Waals surface area contributed by atoms with Crippen LogP contribution in [0.15, 0.2) is 64.5 Å². The van der Waals surface area contributed by atoms with Crippen molar-refractivity contribution in [2.24, 2.45) is 5.41 Å². The van der Waals surface area contributed by atoms with Crippen molar-refractivity contribution in [1.29, 1.82) is 0 Å². The molecule has 2 aromatic carbocycles. The van der Waals surface area contributed by atoms with Crippen LogP contribution >= 0.6 is 27.3 Å². The number of likely N-dealkylation sites (tertiary alicyclic amines) is 1. The topological polar surface area (TPSA) is 53.0 Å². The summed E-state index contributed by atoms with van der Waals surface area (Å²) in [4.78, 5) is 19.1. The molecule has 2 aliphatic carbocycles. The monoisotopic (exact) mass is 618 g/mol. The quantitative estimate of drug-likeness (QED) is 0.324. The average molecular weight is 620 g/mol. The molecule has 5 nitrogen and oxygen atoms in total. The summed E-state index contributed by atoms with van der Waals surface area (Å²) >= 11 is 5.10. The Morgan fingerprint density at radius 1 is 1.25 bits per heavy atom. The zero-order valence-corrected chi connectivity index (χ0v) is 25.4. The van der Waals surface area contributed by atoms with Gasteiger partial charge < -0.3 is 14.7 Å². The van der Waals surface area contributed by atoms with E-state index in [2.05, 4.69) is 64.2 Å². The molecule has 4 aliphatic rings. The number of phenols is 1. The van der Waals surface area contributed by atoms with Crippen LogP contribution in [0.2, 0.25) is 0 Å². The van der Waals surface area contributed by atoms with E-state index in [1.54, 1.807) is 23.5 Å². The van der Waals surface area contributed by atoms with E-state index in [0.29, 0.717) is 11.8 Å². The third-order valence-corrected chi connectivity index (χ3v) is 12.1. The van der Waals surface area contributed by atoms with Gasteiger partial charge in [-0.25, -0.2) is 0 Å². The third-order valence-electron chi connectivity index (χ3n) is 10.5. The number of phenolic OH excluding ortho intramolecular Hbond substituents is 1. The number of piperidine rings is 1. The van der Waals surface area contributed by atoms with Gasteiger partial charge in [-0.2, -0.15) is 0 Å². The second-order valence-electron chi connectivity index (χ2n) is 12.2. The molecule has 1 N–H and O–H groups in total. The molecule has 7 heteroatoms. The molecule has 208 valence electrons. The Hall–Kier alpha value is -2.61. The molecular formula is C33H35BrN2O3S. The zero-order chi connectivity index (χ0) is 27.6. The van der Waals surface area contributed by atoms with E-state index in [0.717, 1.165) is 54.5 Å². The number of thiophene rings is 1. The summed E-state index contributed by atoms with van der Waals surface area (Å²) in [5, 5.41) is 13.0. The van der Waals surface area contributed by atoms with Gasteiger partial charge in [0.1, 0.15) is 6.10 Å². The number of rotatable bonds is 6. The van der Waals surface area contributed by atoms with E-state index in [4.69, 9.17) is 4.74 Å². The maximum absolute atomic E-state index is 13.5. The van der Waals surface area contributed by atoms with Crippen LogP contribution in [0.4, 0.5) is 0 Å². The number of ether oxygens (including phenoxy) is 1. The zero-order valence-electron chi connectivity index (χ0n) is 23.0. The van der Waals surface area contributed by atoms with E-state index < -0.39 is 0 Å². The number of aromatic hydroxyl groups is 1. The van der Waals surface area contributed by atoms with Gasteiger partial charge in [-0.3, -0.25) is 9.69 Å². The van der Waals surface area contributed by atoms with Crippen molar-refractivity contribution in [3.8, 4) is 11.5 Å². The molecule has 1 saturated heterocycles. The Labute approximate surface area is 248 Å². The highest BCUT2D eigenvalue weighted by Gasteiger charge is 2.71. The van der Waals surface area contributed by atoms with Gasteiger partial charge >= 0.3 is 0 Å². The van der Waals surface area contributed by atoms with E-state index in [1.165, 1.54) is 16.7 Å². The van der Waals surface area contributed by atoms with Crippen molar-refractivity contribution >= 4 is 39.2 Å². The van der Waals surface area contributed by atoms with Gasteiger partial charge in [0, 0.05) is 51.4 Å². The van der Waals surface area contributed by atoms with Crippen molar-refractivity contribution in [1.82, 2.24) is 9.80 Å². The normalized spacial score (nSPS) is 30.2. The van der Waals surface area contributed by atoms with Gasteiger partial charge in [-0.05, 0) is 89.3 Å². The molecule has 2 fully saturated rings. The predicted molar refractivity (Wildman–Crippen MR) is 163 cm³/mol. The summed E-state index contributed by atoms with van der Waals surface area (Å²) in [6.07, 6.45) is 8.31. The number of amides is 1. The van der Waals surface area contributed by atoms with Crippen molar-refractivity contribution in [3.05, 3.63) is 86.0 Å². The first-order valence-electron chi connectivity index (χ1n) is 14.3. The second kappa shape index (κ2) is 9.74. The largest absolute Gasteiger partial charge is 0.504 e. The summed E-state index contributed by atoms with van der Waals surface area (Å²) < 4.78 is 7.82. The smallest absolute Gasteiger partial charge is 0.246 e. The molecule has 40 heavy (non-hydrogen) atoms. The number of nitrogens with zero attached hydrogens (tertiary/aromatic N) is 2. The summed E-state index contributed by atoms with van der Waals surface area (Å²) in [6, 6.07) is 17.1. The fourth-order valence-corrected chi connectivity index (χ4v) is 9.83. The molecule has 0 unspecified atom stereocenters. The second-order valence-corrected chi connectivity index (χ2v) is 14.0. The predicted octanol–water partition coefficient (Wildman–Crippen LogP) is 6.43. The molecule has 1 spiro atoms. The molecule has 5 atom stereocenters. The fourth-order valence-electron chi connectivity index (χ4n) is 8.49. The minimum atomic E-state index is -0.220. The maximum Gasteiger partial charge on any atom is 0.246 e. The first-order chi connectivity index (χ1) is 19.3. The number of hydrogen-bond donors (Lipinski definition) is 1. The van der Waals surface area contributed by atoms with Crippen LogP contribution in [0, 0.1) is 5.41 Å². The number of halogens is 1. The lowest BCUT2D eigenvalue weighted by molar-refractivity contribution is -0.150. The lowest BCUT2D eigenvalue weighted by Crippen LogP contribution is -2.73. The first-order valence-corrected chi connectivity index (χ1v) is 16.0. The minimum Gasteiger partial charge on any atom is -0.504 e. The Kier molecular flexibility index (Phi) is 6.41. The number of carbonyl (C=O) groups excluding carboxylic acids is 1. The highest BCUT2D eigenvalue weighted by Crippen LogP contribution is 2.69. The van der Waals surface area contributed by atoms with Gasteiger partial charge in [0.15, 0.2) is 11.5 Å². The molecular weight excluding hydrogens is 584 g/mol. The third kappa shape index (κ3) is 3.84.